The van der Waals surface area contributed by atoms with E-state index in [0.29, 0.717) is 28.5 Å². The van der Waals surface area contributed by atoms with Gasteiger partial charge in [0.2, 0.25) is 0 Å². The van der Waals surface area contributed by atoms with Crippen LogP contribution in [0.3, 0.4) is 0 Å². The number of alkyl halides is 1. The Bertz CT molecular complexity index is 1720. The Kier molecular flexibility index (Phi) is 5.24. The molecule has 0 spiro atoms. The van der Waals surface area contributed by atoms with Gasteiger partial charge in [-0.05, 0) is 36.5 Å². The fourth-order valence-electron chi connectivity index (χ4n) is 4.77. The van der Waals surface area contributed by atoms with Gasteiger partial charge in [-0.1, -0.05) is 16.8 Å². The second-order valence-electron chi connectivity index (χ2n) is 9.79. The van der Waals surface area contributed by atoms with E-state index >= 15 is 4.39 Å². The molecule has 0 aromatic carbocycles. The molecule has 0 radical (unpaired) electrons. The molecule has 1 saturated carbocycles. The van der Waals surface area contributed by atoms with Gasteiger partial charge in [0, 0.05) is 24.2 Å². The van der Waals surface area contributed by atoms with Crippen LogP contribution in [0.15, 0.2) is 43.2 Å². The van der Waals surface area contributed by atoms with Gasteiger partial charge in [0.15, 0.2) is 17.2 Å². The van der Waals surface area contributed by atoms with Crippen LogP contribution < -0.4 is 5.32 Å². The third-order valence-corrected chi connectivity index (χ3v) is 7.29. The van der Waals surface area contributed by atoms with Crippen LogP contribution in [0.5, 0.6) is 0 Å². The summed E-state index contributed by atoms with van der Waals surface area (Å²) in [5, 5.41) is 10.7. The van der Waals surface area contributed by atoms with Crippen molar-refractivity contribution in [1.29, 1.82) is 0 Å². The van der Waals surface area contributed by atoms with E-state index in [1.54, 1.807) is 6.20 Å². The molecule has 5 aromatic heterocycles. The van der Waals surface area contributed by atoms with Crippen molar-refractivity contribution in [2.24, 2.45) is 0 Å². The van der Waals surface area contributed by atoms with Crippen LogP contribution in [0.25, 0.3) is 11.2 Å². The van der Waals surface area contributed by atoms with Crippen molar-refractivity contribution in [2.45, 2.75) is 37.5 Å². The van der Waals surface area contributed by atoms with Crippen LogP contribution in [0.4, 0.5) is 8.78 Å². The zero-order chi connectivity index (χ0) is 26.0. The number of carbonyl (C=O) groups excluding carboxylic acids is 1. The van der Waals surface area contributed by atoms with Gasteiger partial charge in [-0.25, -0.2) is 23.4 Å². The second kappa shape index (κ2) is 8.57. The molecule has 0 bridgehead atoms. The zero-order valence-corrected chi connectivity index (χ0v) is 20.7. The van der Waals surface area contributed by atoms with Gasteiger partial charge in [0.05, 0.1) is 55.2 Å². The number of carbonyl (C=O) groups is 1. The Hall–Kier alpha value is -3.90. The first-order valence-corrected chi connectivity index (χ1v) is 12.5. The third-order valence-electron chi connectivity index (χ3n) is 7.00. The monoisotopic (exact) mass is 538 g/mol. The number of nitrogens with zero attached hydrogens (tertiary/aromatic N) is 7. The lowest BCUT2D eigenvalue weighted by molar-refractivity contribution is -0.134. The number of ether oxygens (including phenoxy) is 1. The average molecular weight is 539 g/mol. The van der Waals surface area contributed by atoms with Gasteiger partial charge < -0.3 is 18.9 Å². The first-order chi connectivity index (χ1) is 18.4. The minimum Gasteiger partial charge on any atom is -0.374 e. The summed E-state index contributed by atoms with van der Waals surface area (Å²) in [6.45, 7) is 0.266. The van der Waals surface area contributed by atoms with Gasteiger partial charge >= 0.3 is 0 Å². The molecule has 1 N–H and O–H groups in total. The van der Waals surface area contributed by atoms with Crippen molar-refractivity contribution in [3.05, 3.63) is 82.3 Å². The number of rotatable bonds is 7. The summed E-state index contributed by atoms with van der Waals surface area (Å²) in [6, 6.07) is 3.35. The van der Waals surface area contributed by atoms with Crippen LogP contribution in [0.2, 0.25) is 5.02 Å². The van der Waals surface area contributed by atoms with Crippen LogP contribution in [-0.4, -0.2) is 52.9 Å². The molecule has 2 fully saturated rings. The largest absolute Gasteiger partial charge is 0.374 e. The number of hydrogen-bond acceptors (Lipinski definition) is 6. The van der Waals surface area contributed by atoms with Gasteiger partial charge in [-0.3, -0.25) is 4.79 Å². The Morgan fingerprint density at radius 3 is 2.84 bits per heavy atom. The van der Waals surface area contributed by atoms with Crippen LogP contribution in [0, 0.1) is 5.82 Å². The number of halogens is 3. The van der Waals surface area contributed by atoms with E-state index in [0.717, 1.165) is 18.4 Å². The van der Waals surface area contributed by atoms with E-state index < -0.39 is 17.4 Å². The number of fused-ring (bicyclic) bond motifs is 2. The average Bonchev–Trinajstić information content (AvgIpc) is 3.29. The van der Waals surface area contributed by atoms with Crippen LogP contribution >= 0.6 is 11.6 Å². The standard InChI is InChI=1S/C25H21ClF2N8O2/c26-18-3-4-34-13-30-19(22(34)21(18)27)6-29-24(37)20-10-36(33-32-20)9-16-8-35-7-15(14-1-2-14)5-17(23(35)31-16)25(28)11-38-12-25/h3-5,7-8,10,13-14H,1-2,6,9,11-12H2,(H,29,37). The maximum Gasteiger partial charge on any atom is 0.273 e. The molecule has 2 aliphatic rings. The maximum atomic E-state index is 15.4. The molecule has 13 heteroatoms. The van der Waals surface area contributed by atoms with E-state index in [-0.39, 0.29) is 42.5 Å². The van der Waals surface area contributed by atoms with E-state index in [1.165, 1.54) is 27.7 Å². The van der Waals surface area contributed by atoms with Crippen LogP contribution in [0.1, 0.15) is 51.8 Å². The third kappa shape index (κ3) is 3.91. The quantitative estimate of drug-likeness (QED) is 0.340. The molecule has 1 saturated heterocycles. The van der Waals surface area contributed by atoms with Gasteiger partial charge in [-0.2, -0.15) is 0 Å². The van der Waals surface area contributed by atoms with E-state index in [4.69, 9.17) is 16.3 Å². The van der Waals surface area contributed by atoms with Crippen molar-refractivity contribution in [1.82, 2.24) is 39.1 Å². The summed E-state index contributed by atoms with van der Waals surface area (Å²) in [4.78, 5) is 21.5. The number of aromatic nitrogens is 7. The number of nitrogens with one attached hydrogen (secondary N) is 1. The van der Waals surface area contributed by atoms with Crippen molar-refractivity contribution in [3.8, 4) is 0 Å². The highest BCUT2D eigenvalue weighted by Gasteiger charge is 2.43. The Morgan fingerprint density at radius 1 is 1.24 bits per heavy atom. The van der Waals surface area contributed by atoms with Crippen molar-refractivity contribution in [2.75, 3.05) is 13.2 Å². The highest BCUT2D eigenvalue weighted by Crippen LogP contribution is 2.43. The highest BCUT2D eigenvalue weighted by atomic mass is 35.5. The molecule has 7 rings (SSSR count). The fourth-order valence-corrected chi connectivity index (χ4v) is 4.91. The summed E-state index contributed by atoms with van der Waals surface area (Å²) >= 11 is 5.88. The molecule has 5 aromatic rings. The molecule has 6 heterocycles. The van der Waals surface area contributed by atoms with E-state index in [1.807, 2.05) is 22.9 Å². The predicted molar refractivity (Wildman–Crippen MR) is 131 cm³/mol. The van der Waals surface area contributed by atoms with Crippen molar-refractivity contribution in [3.63, 3.8) is 0 Å². The van der Waals surface area contributed by atoms with E-state index in [2.05, 4.69) is 25.6 Å². The molecule has 1 aliphatic carbocycles. The topological polar surface area (TPSA) is 104 Å². The summed E-state index contributed by atoms with van der Waals surface area (Å²) in [7, 11) is 0. The number of amides is 1. The normalized spacial score (nSPS) is 16.7. The van der Waals surface area contributed by atoms with Crippen molar-refractivity contribution < 1.29 is 18.3 Å². The Labute approximate surface area is 219 Å². The second-order valence-corrected chi connectivity index (χ2v) is 10.2. The number of hydrogen-bond donors (Lipinski definition) is 1. The Morgan fingerprint density at radius 2 is 2.08 bits per heavy atom. The fraction of sp³-hybridized carbons (Fsp3) is 0.320. The zero-order valence-electron chi connectivity index (χ0n) is 19.9. The lowest BCUT2D eigenvalue weighted by Crippen LogP contribution is -2.43. The molecule has 38 heavy (non-hydrogen) atoms. The molecule has 194 valence electrons. The molecular weight excluding hydrogens is 518 g/mol. The SMILES string of the molecule is O=C(NCc1ncn2ccc(Cl)c(F)c12)c1cn(Cc2cn3cc(C4CC4)cc(C4(F)COC4)c3n2)nn1. The molecule has 10 nitrogen and oxygen atoms in total. The first kappa shape index (κ1) is 23.2. The van der Waals surface area contributed by atoms with Gasteiger partial charge in [0.1, 0.15) is 11.2 Å². The molecule has 0 atom stereocenters. The highest BCUT2D eigenvalue weighted by molar-refractivity contribution is 6.31. The summed E-state index contributed by atoms with van der Waals surface area (Å²) in [5.74, 6) is -0.639. The molecule has 1 amide bonds. The number of pyridine rings is 2. The van der Waals surface area contributed by atoms with Crippen molar-refractivity contribution >= 4 is 28.7 Å². The minimum atomic E-state index is -1.54. The lowest BCUT2D eigenvalue weighted by Gasteiger charge is -2.34. The lowest BCUT2D eigenvalue weighted by atomic mass is 9.93. The summed E-state index contributed by atoms with van der Waals surface area (Å²) in [5.41, 5.74) is 1.92. The van der Waals surface area contributed by atoms with Gasteiger partial charge in [0.25, 0.3) is 5.91 Å². The summed E-state index contributed by atoms with van der Waals surface area (Å²) < 4.78 is 39.8. The molecule has 1 aliphatic heterocycles. The predicted octanol–water partition coefficient (Wildman–Crippen LogP) is 3.42. The van der Waals surface area contributed by atoms with E-state index in [9.17, 15) is 9.18 Å². The summed E-state index contributed by atoms with van der Waals surface area (Å²) in [6.07, 6.45) is 10.6. The minimum absolute atomic E-state index is 0.0211. The number of imidazole rings is 2. The maximum absolute atomic E-state index is 15.4. The van der Waals surface area contributed by atoms with Gasteiger partial charge in [-0.15, -0.1) is 5.10 Å². The smallest absolute Gasteiger partial charge is 0.273 e. The van der Waals surface area contributed by atoms with Crippen LogP contribution in [-0.2, 0) is 23.5 Å². The first-order valence-electron chi connectivity index (χ1n) is 12.1. The molecule has 0 unspecified atom stereocenters. The Balaban J connectivity index is 1.09. The molecular formula is C25H21ClF2N8O2.